The van der Waals surface area contributed by atoms with Gasteiger partial charge in [0.15, 0.2) is 6.10 Å². The highest BCUT2D eigenvalue weighted by Crippen LogP contribution is 1.93. The predicted octanol–water partition coefficient (Wildman–Crippen LogP) is 1.25. The molecule has 0 rings (SSSR count). The third kappa shape index (κ3) is 13.4. The van der Waals surface area contributed by atoms with Gasteiger partial charge in [-0.25, -0.2) is 4.79 Å². The average Bonchev–Trinajstić information content (AvgIpc) is 2.28. The first-order valence-corrected chi connectivity index (χ1v) is 5.40. The van der Waals surface area contributed by atoms with Gasteiger partial charge in [-0.3, -0.25) is 0 Å². The van der Waals surface area contributed by atoms with E-state index in [1.807, 2.05) is 6.92 Å². The number of hydrogen-bond donors (Lipinski definition) is 0. The van der Waals surface area contributed by atoms with Crippen molar-refractivity contribution in [1.82, 2.24) is 0 Å². The second-order valence-corrected chi connectivity index (χ2v) is 2.84. The van der Waals surface area contributed by atoms with E-state index in [2.05, 4.69) is 9.47 Å². The van der Waals surface area contributed by atoms with E-state index >= 15 is 0 Å². The van der Waals surface area contributed by atoms with Gasteiger partial charge in [-0.15, -0.1) is 0 Å². The Bertz CT molecular complexity index is 145. The number of rotatable bonds is 7. The monoisotopic (exact) mass is 236 g/mol. The minimum absolute atomic E-state index is 0.288. The van der Waals surface area contributed by atoms with Crippen LogP contribution in [0.4, 0.5) is 0 Å². The number of esters is 1. The molecule has 0 fully saturated rings. The molecule has 0 spiro atoms. The summed E-state index contributed by atoms with van der Waals surface area (Å²) in [5, 5.41) is 0. The summed E-state index contributed by atoms with van der Waals surface area (Å²) in [7, 11) is 3.30. The molecule has 1 unspecified atom stereocenters. The van der Waals surface area contributed by atoms with E-state index in [1.165, 1.54) is 0 Å². The quantitative estimate of drug-likeness (QED) is 0.492. The maximum atomic E-state index is 10.8. The fourth-order valence-electron chi connectivity index (χ4n) is 0.744. The van der Waals surface area contributed by atoms with Gasteiger partial charge in [0, 0.05) is 20.8 Å². The van der Waals surface area contributed by atoms with Crippen molar-refractivity contribution in [3.05, 3.63) is 0 Å². The van der Waals surface area contributed by atoms with Crippen LogP contribution in [-0.4, -0.2) is 52.7 Å². The Kier molecular flexibility index (Phi) is 15.9. The minimum Gasteiger partial charge on any atom is -0.464 e. The van der Waals surface area contributed by atoms with E-state index < -0.39 is 6.10 Å². The maximum Gasteiger partial charge on any atom is 0.334 e. The summed E-state index contributed by atoms with van der Waals surface area (Å²) in [4.78, 5) is 10.8. The molecule has 0 heterocycles. The standard InChI is InChI=1S/C7H14O3.C4H10O2/c1-4-9-6(3)7(8)10-5-2;1-5-3-4-6-2/h6H,4-5H2,1-3H3;3-4H2,1-2H3. The predicted molar refractivity (Wildman–Crippen MR) is 61.5 cm³/mol. The highest BCUT2D eigenvalue weighted by atomic mass is 16.6. The van der Waals surface area contributed by atoms with Gasteiger partial charge >= 0.3 is 5.97 Å². The Morgan fingerprint density at radius 3 is 1.88 bits per heavy atom. The molecule has 0 amide bonds. The van der Waals surface area contributed by atoms with E-state index in [1.54, 1.807) is 28.1 Å². The van der Waals surface area contributed by atoms with Crippen LogP contribution in [0, 0.1) is 0 Å². The second kappa shape index (κ2) is 14.3. The molecular formula is C11H24O5. The van der Waals surface area contributed by atoms with Crippen molar-refractivity contribution in [3.8, 4) is 0 Å². The van der Waals surface area contributed by atoms with Crippen LogP contribution in [0.3, 0.4) is 0 Å². The molecule has 1 atom stereocenters. The van der Waals surface area contributed by atoms with Gasteiger partial charge in [0.05, 0.1) is 19.8 Å². The molecule has 0 radical (unpaired) electrons. The highest BCUT2D eigenvalue weighted by molar-refractivity contribution is 5.74. The van der Waals surface area contributed by atoms with Gasteiger partial charge in [0.1, 0.15) is 0 Å². The molecule has 0 bridgehead atoms. The van der Waals surface area contributed by atoms with Crippen LogP contribution in [-0.2, 0) is 23.7 Å². The first-order chi connectivity index (χ1) is 7.63. The lowest BCUT2D eigenvalue weighted by Gasteiger charge is -2.08. The molecule has 0 aliphatic carbocycles. The zero-order valence-electron chi connectivity index (χ0n) is 10.9. The van der Waals surface area contributed by atoms with Crippen LogP contribution in [0.25, 0.3) is 0 Å². The third-order valence-electron chi connectivity index (χ3n) is 1.53. The zero-order valence-corrected chi connectivity index (χ0v) is 10.9. The topological polar surface area (TPSA) is 54.0 Å². The summed E-state index contributed by atoms with van der Waals surface area (Å²) in [6.45, 7) is 7.64. The van der Waals surface area contributed by atoms with Gasteiger partial charge in [-0.1, -0.05) is 0 Å². The van der Waals surface area contributed by atoms with E-state index in [0.29, 0.717) is 26.4 Å². The van der Waals surface area contributed by atoms with Crippen LogP contribution in [0.2, 0.25) is 0 Å². The first-order valence-electron chi connectivity index (χ1n) is 5.40. The molecule has 0 aliphatic heterocycles. The van der Waals surface area contributed by atoms with E-state index in [0.717, 1.165) is 0 Å². The molecule has 0 N–H and O–H groups in total. The average molecular weight is 236 g/mol. The molecule has 0 aliphatic rings. The normalized spacial score (nSPS) is 11.3. The largest absolute Gasteiger partial charge is 0.464 e. The Labute approximate surface area is 98.0 Å². The van der Waals surface area contributed by atoms with Crippen molar-refractivity contribution in [1.29, 1.82) is 0 Å². The lowest BCUT2D eigenvalue weighted by molar-refractivity contribution is -0.155. The van der Waals surface area contributed by atoms with Gasteiger partial charge in [-0.2, -0.15) is 0 Å². The maximum absolute atomic E-state index is 10.8. The van der Waals surface area contributed by atoms with Gasteiger partial charge in [0.25, 0.3) is 0 Å². The lowest BCUT2D eigenvalue weighted by Crippen LogP contribution is -2.23. The number of carbonyl (C=O) groups is 1. The van der Waals surface area contributed by atoms with E-state index in [9.17, 15) is 4.79 Å². The third-order valence-corrected chi connectivity index (χ3v) is 1.53. The highest BCUT2D eigenvalue weighted by Gasteiger charge is 2.12. The Morgan fingerprint density at radius 2 is 1.56 bits per heavy atom. The van der Waals surface area contributed by atoms with Crippen molar-refractivity contribution in [3.63, 3.8) is 0 Å². The summed E-state index contributed by atoms with van der Waals surface area (Å²) in [6, 6.07) is 0. The van der Waals surface area contributed by atoms with Crippen LogP contribution in [0.1, 0.15) is 20.8 Å². The van der Waals surface area contributed by atoms with Gasteiger partial charge < -0.3 is 18.9 Å². The van der Waals surface area contributed by atoms with Crippen molar-refractivity contribution in [2.24, 2.45) is 0 Å². The molecule has 5 nitrogen and oxygen atoms in total. The molecular weight excluding hydrogens is 212 g/mol. The van der Waals surface area contributed by atoms with Gasteiger partial charge in [-0.05, 0) is 20.8 Å². The molecule has 0 aromatic heterocycles. The van der Waals surface area contributed by atoms with Gasteiger partial charge in [0.2, 0.25) is 0 Å². The lowest BCUT2D eigenvalue weighted by atomic mass is 10.4. The SMILES string of the molecule is CCOC(=O)C(C)OCC.COCCOC. The Hall–Kier alpha value is -0.650. The van der Waals surface area contributed by atoms with Crippen LogP contribution in [0.5, 0.6) is 0 Å². The summed E-state index contributed by atoms with van der Waals surface area (Å²) < 4.78 is 19.0. The van der Waals surface area contributed by atoms with Crippen LogP contribution < -0.4 is 0 Å². The Balaban J connectivity index is 0. The molecule has 5 heteroatoms. The van der Waals surface area contributed by atoms with Crippen LogP contribution >= 0.6 is 0 Å². The first kappa shape index (κ1) is 17.7. The summed E-state index contributed by atoms with van der Waals surface area (Å²) in [6.07, 6.45) is -0.426. The fourth-order valence-corrected chi connectivity index (χ4v) is 0.744. The van der Waals surface area contributed by atoms with E-state index in [4.69, 9.17) is 9.47 Å². The number of hydrogen-bond acceptors (Lipinski definition) is 5. The number of carbonyl (C=O) groups excluding carboxylic acids is 1. The van der Waals surface area contributed by atoms with Crippen LogP contribution in [0.15, 0.2) is 0 Å². The Morgan fingerprint density at radius 1 is 1.06 bits per heavy atom. The molecule has 0 aromatic carbocycles. The summed E-state index contributed by atoms with van der Waals surface area (Å²) in [5.41, 5.74) is 0. The molecule has 0 saturated carbocycles. The van der Waals surface area contributed by atoms with Crippen molar-refractivity contribution >= 4 is 5.97 Å². The molecule has 98 valence electrons. The summed E-state index contributed by atoms with van der Waals surface area (Å²) in [5.74, 6) is -0.288. The van der Waals surface area contributed by atoms with Crippen molar-refractivity contribution in [2.75, 3.05) is 40.6 Å². The second-order valence-electron chi connectivity index (χ2n) is 2.84. The fraction of sp³-hybridized carbons (Fsp3) is 0.909. The number of methoxy groups -OCH3 is 2. The number of ether oxygens (including phenoxy) is 4. The summed E-state index contributed by atoms with van der Waals surface area (Å²) >= 11 is 0. The van der Waals surface area contributed by atoms with E-state index in [-0.39, 0.29) is 5.97 Å². The molecule has 16 heavy (non-hydrogen) atoms. The zero-order chi connectivity index (χ0) is 12.8. The van der Waals surface area contributed by atoms with Crippen molar-refractivity contribution < 1.29 is 23.7 Å². The van der Waals surface area contributed by atoms with Crippen molar-refractivity contribution in [2.45, 2.75) is 26.9 Å². The smallest absolute Gasteiger partial charge is 0.334 e. The molecule has 0 aromatic rings. The molecule has 0 saturated heterocycles. The minimum atomic E-state index is -0.426.